The molecule has 1 aromatic rings. The lowest BCUT2D eigenvalue weighted by Crippen LogP contribution is -2.31. The molecule has 1 aliphatic rings. The highest BCUT2D eigenvalue weighted by atomic mass is 32.2. The number of hydrogen-bond donors (Lipinski definition) is 0. The summed E-state index contributed by atoms with van der Waals surface area (Å²) in [6, 6.07) is 8.53. The quantitative estimate of drug-likeness (QED) is 0.827. The van der Waals surface area contributed by atoms with E-state index in [2.05, 4.69) is 50.2 Å². The fraction of sp³-hybridized carbons (Fsp3) is 0.533. The first-order chi connectivity index (χ1) is 9.08. The van der Waals surface area contributed by atoms with Gasteiger partial charge in [0, 0.05) is 6.54 Å². The second kappa shape index (κ2) is 6.44. The number of nitrogens with zero attached hydrogens (tertiary/aromatic N) is 2. The lowest BCUT2D eigenvalue weighted by Gasteiger charge is -2.25. The van der Waals surface area contributed by atoms with Crippen LogP contribution in [0, 0.1) is 6.92 Å². The second-order valence-electron chi connectivity index (χ2n) is 5.32. The Morgan fingerprint density at radius 2 is 2.00 bits per heavy atom. The molecule has 1 heterocycles. The Morgan fingerprint density at radius 1 is 1.32 bits per heavy atom. The molecule has 19 heavy (non-hydrogen) atoms. The highest BCUT2D eigenvalue weighted by molar-refractivity contribution is 8.00. The van der Waals surface area contributed by atoms with Gasteiger partial charge in [0.05, 0.1) is 5.75 Å². The third kappa shape index (κ3) is 3.74. The largest absolute Gasteiger partial charge is 0.326 e. The van der Waals surface area contributed by atoms with Crippen LogP contribution < -0.4 is 0 Å². The van der Waals surface area contributed by atoms with Crippen molar-refractivity contribution in [2.45, 2.75) is 18.7 Å². The van der Waals surface area contributed by atoms with Gasteiger partial charge in [-0.25, -0.2) is 0 Å². The van der Waals surface area contributed by atoms with Crippen molar-refractivity contribution in [1.29, 1.82) is 0 Å². The molecule has 0 saturated carbocycles. The van der Waals surface area contributed by atoms with E-state index in [1.54, 1.807) is 11.8 Å². The van der Waals surface area contributed by atoms with Crippen molar-refractivity contribution in [3.63, 3.8) is 0 Å². The van der Waals surface area contributed by atoms with Crippen LogP contribution in [0.3, 0.4) is 0 Å². The van der Waals surface area contributed by atoms with Gasteiger partial charge >= 0.3 is 0 Å². The van der Waals surface area contributed by atoms with Gasteiger partial charge in [0.25, 0.3) is 0 Å². The average molecular weight is 278 g/mol. The summed E-state index contributed by atoms with van der Waals surface area (Å²) in [4.78, 5) is 16.2. The van der Waals surface area contributed by atoms with Gasteiger partial charge in [0.15, 0.2) is 0 Å². The normalized spacial score (nSPS) is 19.5. The lowest BCUT2D eigenvalue weighted by molar-refractivity contribution is -0.128. The topological polar surface area (TPSA) is 23.6 Å². The monoisotopic (exact) mass is 278 g/mol. The maximum Gasteiger partial charge on any atom is 0.233 e. The summed E-state index contributed by atoms with van der Waals surface area (Å²) in [7, 11) is 4.13. The second-order valence-corrected chi connectivity index (χ2v) is 6.39. The van der Waals surface area contributed by atoms with Crippen molar-refractivity contribution in [3.8, 4) is 0 Å². The lowest BCUT2D eigenvalue weighted by atomic mass is 10.1. The van der Waals surface area contributed by atoms with E-state index in [9.17, 15) is 4.79 Å². The highest BCUT2D eigenvalue weighted by Crippen LogP contribution is 2.38. The van der Waals surface area contributed by atoms with Crippen molar-refractivity contribution in [2.75, 3.05) is 32.9 Å². The van der Waals surface area contributed by atoms with Gasteiger partial charge in [-0.05, 0) is 39.5 Å². The maximum absolute atomic E-state index is 12.0. The first-order valence-electron chi connectivity index (χ1n) is 6.70. The molecule has 1 fully saturated rings. The third-order valence-electron chi connectivity index (χ3n) is 3.33. The van der Waals surface area contributed by atoms with Crippen LogP contribution in [-0.2, 0) is 4.79 Å². The highest BCUT2D eigenvalue weighted by Gasteiger charge is 2.32. The van der Waals surface area contributed by atoms with E-state index in [0.717, 1.165) is 19.5 Å². The van der Waals surface area contributed by atoms with E-state index < -0.39 is 0 Å². The van der Waals surface area contributed by atoms with E-state index in [-0.39, 0.29) is 11.3 Å². The molecule has 0 spiro atoms. The zero-order valence-corrected chi connectivity index (χ0v) is 12.7. The molecule has 3 nitrogen and oxygen atoms in total. The Hall–Kier alpha value is -1.00. The first kappa shape index (κ1) is 14.4. The molecule has 1 saturated heterocycles. The summed E-state index contributed by atoms with van der Waals surface area (Å²) in [5.74, 6) is 0.884. The Morgan fingerprint density at radius 3 is 2.63 bits per heavy atom. The Labute approximate surface area is 120 Å². The third-order valence-corrected chi connectivity index (χ3v) is 4.59. The van der Waals surface area contributed by atoms with Crippen LogP contribution in [0.2, 0.25) is 0 Å². The summed E-state index contributed by atoms with van der Waals surface area (Å²) >= 11 is 1.74. The van der Waals surface area contributed by atoms with Gasteiger partial charge in [-0.15, -0.1) is 11.8 Å². The van der Waals surface area contributed by atoms with Gasteiger partial charge in [0.1, 0.15) is 5.37 Å². The first-order valence-corrected chi connectivity index (χ1v) is 7.75. The number of hydrogen-bond acceptors (Lipinski definition) is 3. The molecule has 0 bridgehead atoms. The van der Waals surface area contributed by atoms with Gasteiger partial charge < -0.3 is 9.80 Å². The van der Waals surface area contributed by atoms with Crippen LogP contribution in [0.5, 0.6) is 0 Å². The Balaban J connectivity index is 2.02. The summed E-state index contributed by atoms with van der Waals surface area (Å²) in [5, 5.41) is 0.204. The minimum absolute atomic E-state index is 0.204. The number of carbonyl (C=O) groups excluding carboxylic acids is 1. The number of amides is 1. The van der Waals surface area contributed by atoms with Crippen LogP contribution in [0.15, 0.2) is 24.3 Å². The summed E-state index contributed by atoms with van der Waals surface area (Å²) in [6.45, 7) is 3.96. The number of thioether (sulfide) groups is 1. The van der Waals surface area contributed by atoms with E-state index in [1.165, 1.54) is 11.1 Å². The SMILES string of the molecule is Cc1ccc([C@H]2SCC(=O)N2CCCN(C)C)cc1. The van der Waals surface area contributed by atoms with Crippen LogP contribution in [-0.4, -0.2) is 48.6 Å². The maximum atomic E-state index is 12.0. The van der Waals surface area contributed by atoms with Crippen molar-refractivity contribution in [2.24, 2.45) is 0 Å². The molecule has 1 atom stereocenters. The average Bonchev–Trinajstić information content (AvgIpc) is 2.72. The molecule has 0 unspecified atom stereocenters. The van der Waals surface area contributed by atoms with Crippen molar-refractivity contribution < 1.29 is 4.79 Å². The predicted octanol–water partition coefficient (Wildman–Crippen LogP) is 2.52. The standard InChI is InChI=1S/C15H22N2OS/c1-12-5-7-13(8-6-12)15-17(14(18)11-19-15)10-4-9-16(2)3/h5-8,15H,4,9-11H2,1-3H3/t15-/m1/s1. The summed E-state index contributed by atoms with van der Waals surface area (Å²) in [6.07, 6.45) is 1.03. The van der Waals surface area contributed by atoms with E-state index >= 15 is 0 Å². The van der Waals surface area contributed by atoms with Gasteiger partial charge in [-0.3, -0.25) is 4.79 Å². The zero-order valence-electron chi connectivity index (χ0n) is 11.9. The molecule has 0 aliphatic carbocycles. The molecular formula is C15H22N2OS. The number of benzene rings is 1. The fourth-order valence-electron chi connectivity index (χ4n) is 2.26. The van der Waals surface area contributed by atoms with E-state index in [4.69, 9.17) is 0 Å². The van der Waals surface area contributed by atoms with Gasteiger partial charge in [-0.2, -0.15) is 0 Å². The molecule has 0 N–H and O–H groups in total. The molecule has 4 heteroatoms. The van der Waals surface area contributed by atoms with Crippen LogP contribution in [0.4, 0.5) is 0 Å². The minimum Gasteiger partial charge on any atom is -0.326 e. The van der Waals surface area contributed by atoms with Crippen LogP contribution >= 0.6 is 11.8 Å². The molecule has 0 radical (unpaired) electrons. The molecule has 104 valence electrons. The van der Waals surface area contributed by atoms with Crippen molar-refractivity contribution >= 4 is 17.7 Å². The number of rotatable bonds is 5. The number of aryl methyl sites for hydroxylation is 1. The van der Waals surface area contributed by atoms with Crippen molar-refractivity contribution in [3.05, 3.63) is 35.4 Å². The van der Waals surface area contributed by atoms with Gasteiger partial charge in [0.2, 0.25) is 5.91 Å². The smallest absolute Gasteiger partial charge is 0.233 e. The molecule has 1 aliphatic heterocycles. The van der Waals surface area contributed by atoms with Crippen molar-refractivity contribution in [1.82, 2.24) is 9.80 Å². The molecule has 1 aromatic carbocycles. The molecule has 0 aromatic heterocycles. The summed E-state index contributed by atoms with van der Waals surface area (Å²) < 4.78 is 0. The molecular weight excluding hydrogens is 256 g/mol. The Bertz CT molecular complexity index is 430. The zero-order chi connectivity index (χ0) is 13.8. The van der Waals surface area contributed by atoms with Crippen LogP contribution in [0.1, 0.15) is 22.9 Å². The number of carbonyl (C=O) groups is 1. The Kier molecular flexibility index (Phi) is 4.88. The predicted molar refractivity (Wildman–Crippen MR) is 81.3 cm³/mol. The van der Waals surface area contributed by atoms with Gasteiger partial charge in [-0.1, -0.05) is 29.8 Å². The van der Waals surface area contributed by atoms with E-state index in [0.29, 0.717) is 5.75 Å². The molecule has 2 rings (SSSR count). The minimum atomic E-state index is 0.204. The fourth-order valence-corrected chi connectivity index (χ4v) is 3.48. The van der Waals surface area contributed by atoms with E-state index in [1.807, 2.05) is 4.90 Å². The molecule has 1 amide bonds. The van der Waals surface area contributed by atoms with Crippen LogP contribution in [0.25, 0.3) is 0 Å². The summed E-state index contributed by atoms with van der Waals surface area (Å²) in [5.41, 5.74) is 2.50.